The number of benzene rings is 10. The average Bonchev–Trinajstić information content (AvgIpc) is 4.21. The van der Waals surface area contributed by atoms with E-state index in [2.05, 4.69) is 266 Å². The third kappa shape index (κ3) is 9.22. The van der Waals surface area contributed by atoms with E-state index in [1.807, 2.05) is 19.1 Å². The van der Waals surface area contributed by atoms with Gasteiger partial charge in [0.25, 0.3) is 0 Å². The predicted molar refractivity (Wildman–Crippen MR) is 333 cm³/mol. The van der Waals surface area contributed by atoms with Crippen molar-refractivity contribution in [1.82, 2.24) is 0 Å². The van der Waals surface area contributed by atoms with E-state index in [4.69, 9.17) is 28.0 Å². The van der Waals surface area contributed by atoms with Gasteiger partial charge in [-0.05, 0) is 100 Å². The molecule has 0 saturated heterocycles. The van der Waals surface area contributed by atoms with Crippen molar-refractivity contribution in [2.45, 2.75) is 64.1 Å². The van der Waals surface area contributed by atoms with Crippen molar-refractivity contribution in [2.24, 2.45) is 0 Å². The Morgan fingerprint density at radius 2 is 0.885 bits per heavy atom. The molecule has 1 heterocycles. The van der Waals surface area contributed by atoms with Crippen LogP contribution in [0.4, 0.5) is 0 Å². The summed E-state index contributed by atoms with van der Waals surface area (Å²) >= 11 is 0. The quantitative estimate of drug-likeness (QED) is 0.115. The SMILES string of the molecule is Cc1ccc(-c2ccccc2)cc1.Cc1ccc2c(c1)C(C)(C)c1ccccc1-2.[B]C(=C)/C([B])=C(/C)C1c2ccccc2C(c2ccccc2)(c2ccc(-c3cccc4c3oc3c(-c5ccc(C)cc5)cccc34)cc2)C1[B]. The van der Waals surface area contributed by atoms with Crippen molar-refractivity contribution in [2.75, 3.05) is 0 Å². The van der Waals surface area contributed by atoms with Crippen molar-refractivity contribution in [3.05, 3.63) is 310 Å². The molecule has 0 saturated carbocycles. The van der Waals surface area contributed by atoms with E-state index in [0.29, 0.717) is 10.9 Å². The summed E-state index contributed by atoms with van der Waals surface area (Å²) in [7, 11) is 20.1. The number of aryl methyl sites for hydroxylation is 3. The summed E-state index contributed by atoms with van der Waals surface area (Å²) < 4.78 is 6.76. The van der Waals surface area contributed by atoms with Gasteiger partial charge < -0.3 is 4.42 Å². The van der Waals surface area contributed by atoms with Gasteiger partial charge in [0.05, 0.1) is 7.85 Å². The molecule has 372 valence electrons. The van der Waals surface area contributed by atoms with Crippen LogP contribution in [0.25, 0.3) is 66.4 Å². The highest BCUT2D eigenvalue weighted by Gasteiger charge is 2.52. The molecule has 4 heteroatoms. The van der Waals surface area contributed by atoms with Gasteiger partial charge in [0, 0.05) is 38.6 Å². The fraction of sp³-hybridized carbons (Fsp3) is 0.135. The topological polar surface area (TPSA) is 13.1 Å². The van der Waals surface area contributed by atoms with E-state index in [-0.39, 0.29) is 17.2 Å². The summed E-state index contributed by atoms with van der Waals surface area (Å²) in [6, 6.07) is 83.9. The first-order valence-corrected chi connectivity index (χ1v) is 27.0. The molecule has 11 aromatic rings. The van der Waals surface area contributed by atoms with Crippen molar-refractivity contribution in [3.8, 4) is 44.5 Å². The fourth-order valence-electron chi connectivity index (χ4n) is 12.4. The Labute approximate surface area is 465 Å². The summed E-state index contributed by atoms with van der Waals surface area (Å²) in [5.41, 5.74) is 24.2. The maximum absolute atomic E-state index is 7.47. The van der Waals surface area contributed by atoms with Gasteiger partial charge in [-0.1, -0.05) is 273 Å². The van der Waals surface area contributed by atoms with Gasteiger partial charge in [-0.3, -0.25) is 0 Å². The average molecular weight is 999 g/mol. The molecule has 3 unspecified atom stereocenters. The van der Waals surface area contributed by atoms with Crippen LogP contribution in [0, 0.1) is 20.8 Å². The molecule has 2 aliphatic carbocycles. The Morgan fingerprint density at radius 3 is 1.47 bits per heavy atom. The molecule has 2 aliphatic rings. The molecular weight excluding hydrogens is 937 g/mol. The Hall–Kier alpha value is -8.33. The predicted octanol–water partition coefficient (Wildman–Crippen LogP) is 18.7. The van der Waals surface area contributed by atoms with Crippen LogP contribution in [0.5, 0.6) is 0 Å². The lowest BCUT2D eigenvalue weighted by atomic mass is 9.55. The summed E-state index contributed by atoms with van der Waals surface area (Å²) in [5, 5.41) is 2.21. The molecule has 1 aromatic heterocycles. The first-order chi connectivity index (χ1) is 37.8. The van der Waals surface area contributed by atoms with Crippen LogP contribution in [-0.2, 0) is 10.8 Å². The van der Waals surface area contributed by atoms with Gasteiger partial charge in [0.1, 0.15) is 26.9 Å². The largest absolute Gasteiger partial charge is 0.455 e. The molecule has 0 amide bonds. The molecule has 1 nitrogen and oxygen atoms in total. The minimum absolute atomic E-state index is 0.150. The lowest BCUT2D eigenvalue weighted by molar-refractivity contribution is 0.571. The second kappa shape index (κ2) is 21.2. The normalized spacial score (nSPS) is 16.9. The first-order valence-electron chi connectivity index (χ1n) is 27.0. The van der Waals surface area contributed by atoms with Gasteiger partial charge in [-0.25, -0.2) is 0 Å². The van der Waals surface area contributed by atoms with E-state index < -0.39 is 5.41 Å². The number of allylic oxidation sites excluding steroid dienone is 3. The molecule has 0 bridgehead atoms. The Morgan fingerprint density at radius 1 is 0.436 bits per heavy atom. The summed E-state index contributed by atoms with van der Waals surface area (Å²) in [6.45, 7) is 17.0. The third-order valence-electron chi connectivity index (χ3n) is 16.5. The molecule has 10 aromatic carbocycles. The summed E-state index contributed by atoms with van der Waals surface area (Å²) in [5.74, 6) is -0.501. The fourth-order valence-corrected chi connectivity index (χ4v) is 12.4. The Bertz CT molecular complexity index is 4020. The molecule has 6 radical (unpaired) electrons. The van der Waals surface area contributed by atoms with Gasteiger partial charge in [0.2, 0.25) is 0 Å². The zero-order valence-electron chi connectivity index (χ0n) is 45.5. The number of para-hydroxylation sites is 2. The molecule has 0 N–H and O–H groups in total. The zero-order chi connectivity index (χ0) is 54.3. The van der Waals surface area contributed by atoms with Crippen molar-refractivity contribution in [3.63, 3.8) is 0 Å². The van der Waals surface area contributed by atoms with Crippen LogP contribution in [0.2, 0.25) is 5.82 Å². The summed E-state index contributed by atoms with van der Waals surface area (Å²) in [6.07, 6.45) is 0. The second-order valence-electron chi connectivity index (χ2n) is 21.7. The van der Waals surface area contributed by atoms with E-state index in [9.17, 15) is 0 Å². The van der Waals surface area contributed by atoms with Gasteiger partial charge in [-0.15, -0.1) is 17.5 Å². The van der Waals surface area contributed by atoms with Crippen LogP contribution >= 0.6 is 0 Å². The molecule has 78 heavy (non-hydrogen) atoms. The van der Waals surface area contributed by atoms with Crippen LogP contribution in [-0.4, -0.2) is 23.5 Å². The molecule has 3 atom stereocenters. The first kappa shape index (κ1) is 51.8. The minimum atomic E-state index is -0.632. The molecular formula is C74H61B3O. The Kier molecular flexibility index (Phi) is 14.1. The number of furan rings is 1. The smallest absolute Gasteiger partial charge is 0.143 e. The van der Waals surface area contributed by atoms with Crippen LogP contribution in [0.3, 0.4) is 0 Å². The van der Waals surface area contributed by atoms with Gasteiger partial charge >= 0.3 is 0 Å². The second-order valence-corrected chi connectivity index (χ2v) is 21.7. The highest BCUT2D eigenvalue weighted by molar-refractivity contribution is 6.37. The number of hydrogen-bond donors (Lipinski definition) is 0. The zero-order valence-corrected chi connectivity index (χ0v) is 45.5. The lowest BCUT2D eigenvalue weighted by Gasteiger charge is -2.39. The third-order valence-corrected chi connectivity index (χ3v) is 16.5. The standard InChI is InChI=1S/C45H33B3O.C16H16.C13H12/c1-27-19-21-30(22-20-27)34-14-9-16-36-37-17-10-15-35(43(37)49-42(34)36)31-23-25-33(26-24-31)45(32-11-5-4-6-12-32)39-18-8-7-13-38(39)40(44(45)48)28(2)41(47)29(3)46;1-11-8-9-13-12-6-4-5-7-14(12)16(2,3)15(13)10-11;1-11-7-9-13(10-8-11)12-5-3-2-4-6-12/h4-26,40,44H,3H2,1-2H3;4-10H,1-3H3;2-10H,1H3/b41-28+;;. The van der Waals surface area contributed by atoms with Crippen molar-refractivity contribution >= 4 is 45.5 Å². The van der Waals surface area contributed by atoms with E-state index in [1.165, 1.54) is 55.6 Å². The van der Waals surface area contributed by atoms with Crippen LogP contribution in [0.1, 0.15) is 76.8 Å². The molecule has 0 aliphatic heterocycles. The molecule has 13 rings (SSSR count). The van der Waals surface area contributed by atoms with Crippen LogP contribution < -0.4 is 0 Å². The number of fused-ring (bicyclic) bond motifs is 7. The lowest BCUT2D eigenvalue weighted by Crippen LogP contribution is -2.32. The van der Waals surface area contributed by atoms with Crippen LogP contribution in [0.15, 0.2) is 264 Å². The summed E-state index contributed by atoms with van der Waals surface area (Å²) in [4.78, 5) is 0. The van der Waals surface area contributed by atoms with Crippen molar-refractivity contribution in [1.29, 1.82) is 0 Å². The molecule has 0 spiro atoms. The maximum Gasteiger partial charge on any atom is 0.143 e. The van der Waals surface area contributed by atoms with E-state index >= 15 is 0 Å². The van der Waals surface area contributed by atoms with Gasteiger partial charge in [-0.2, -0.15) is 0 Å². The Balaban J connectivity index is 0.000000179. The maximum atomic E-state index is 7.47. The van der Waals surface area contributed by atoms with E-state index in [1.54, 1.807) is 0 Å². The molecule has 0 fully saturated rings. The highest BCUT2D eigenvalue weighted by atomic mass is 16.3. The number of hydrogen-bond acceptors (Lipinski definition) is 1. The number of rotatable bonds is 7. The van der Waals surface area contributed by atoms with E-state index in [0.717, 1.165) is 66.5 Å². The minimum Gasteiger partial charge on any atom is -0.455 e. The highest BCUT2D eigenvalue weighted by Crippen LogP contribution is 2.62. The van der Waals surface area contributed by atoms with Gasteiger partial charge in [0.15, 0.2) is 0 Å². The monoisotopic (exact) mass is 999 g/mol. The van der Waals surface area contributed by atoms with Crippen molar-refractivity contribution < 1.29 is 4.42 Å².